The third-order valence-corrected chi connectivity index (χ3v) is 7.52. The summed E-state index contributed by atoms with van der Waals surface area (Å²) in [6.07, 6.45) is 2.03. The number of benzene rings is 2. The fourth-order valence-electron chi connectivity index (χ4n) is 3.32. The van der Waals surface area contributed by atoms with Gasteiger partial charge in [0.25, 0.3) is 10.0 Å². The quantitative estimate of drug-likeness (QED) is 0.668. The van der Waals surface area contributed by atoms with E-state index in [0.717, 1.165) is 6.42 Å². The van der Waals surface area contributed by atoms with E-state index < -0.39 is 16.0 Å². The van der Waals surface area contributed by atoms with Crippen LogP contribution in [0.25, 0.3) is 10.6 Å². The van der Waals surface area contributed by atoms with Gasteiger partial charge in [0.2, 0.25) is 0 Å². The number of hydrogen-bond acceptors (Lipinski definition) is 5. The second kappa shape index (κ2) is 7.57. The number of carboxylic acid groups (broad SMARTS) is 1. The molecule has 0 spiro atoms. The molecule has 0 aliphatic carbocycles. The second-order valence-electron chi connectivity index (χ2n) is 6.68. The molecule has 0 unspecified atom stereocenters. The molecule has 9 heteroatoms. The van der Waals surface area contributed by atoms with E-state index in [0.29, 0.717) is 41.2 Å². The zero-order valence-electron chi connectivity index (χ0n) is 15.2. The summed E-state index contributed by atoms with van der Waals surface area (Å²) < 4.78 is 41.1. The van der Waals surface area contributed by atoms with Crippen LogP contribution in [-0.4, -0.2) is 31.0 Å². The molecule has 6 nitrogen and oxygen atoms in total. The summed E-state index contributed by atoms with van der Waals surface area (Å²) in [4.78, 5) is 15.5. The number of thiazole rings is 1. The Morgan fingerprint density at radius 2 is 1.90 bits per heavy atom. The summed E-state index contributed by atoms with van der Waals surface area (Å²) in [5, 5.41) is 11.1. The molecule has 0 atom stereocenters. The lowest BCUT2D eigenvalue weighted by Gasteiger charge is -2.23. The predicted molar refractivity (Wildman–Crippen MR) is 108 cm³/mol. The van der Waals surface area contributed by atoms with Crippen LogP contribution in [0.3, 0.4) is 0 Å². The highest BCUT2D eigenvalue weighted by Gasteiger charge is 2.30. The van der Waals surface area contributed by atoms with Crippen molar-refractivity contribution < 1.29 is 22.7 Å². The predicted octanol–water partition coefficient (Wildman–Crippen LogP) is 4.18. The number of rotatable bonds is 4. The summed E-state index contributed by atoms with van der Waals surface area (Å²) in [5.74, 6) is -1.42. The molecule has 150 valence electrons. The van der Waals surface area contributed by atoms with Crippen molar-refractivity contribution in [3.8, 4) is 10.6 Å². The van der Waals surface area contributed by atoms with Crippen LogP contribution in [0.5, 0.6) is 0 Å². The van der Waals surface area contributed by atoms with Crippen LogP contribution in [0.1, 0.15) is 28.8 Å². The van der Waals surface area contributed by atoms with Gasteiger partial charge < -0.3 is 5.11 Å². The number of anilines is 1. The normalized spacial score (nSPS) is 14.3. The van der Waals surface area contributed by atoms with E-state index >= 15 is 0 Å². The number of carboxylic acids is 1. The van der Waals surface area contributed by atoms with Crippen molar-refractivity contribution in [2.45, 2.75) is 24.3 Å². The van der Waals surface area contributed by atoms with Gasteiger partial charge in [0.15, 0.2) is 5.03 Å². The average Bonchev–Trinajstić information content (AvgIpc) is 3.10. The molecular weight excluding hydrogens is 415 g/mol. The van der Waals surface area contributed by atoms with Gasteiger partial charge in [0, 0.05) is 17.5 Å². The fraction of sp³-hybridized carbons (Fsp3) is 0.200. The van der Waals surface area contributed by atoms with Gasteiger partial charge >= 0.3 is 5.97 Å². The Bertz CT molecular complexity index is 1170. The Hall–Kier alpha value is -2.78. The van der Waals surface area contributed by atoms with Crippen LogP contribution < -0.4 is 4.31 Å². The maximum atomic E-state index is 13.3. The zero-order chi connectivity index (χ0) is 20.6. The molecule has 4 rings (SSSR count). The molecule has 2 aromatic carbocycles. The van der Waals surface area contributed by atoms with Gasteiger partial charge in [-0.15, -0.1) is 11.3 Å². The molecule has 0 fully saturated rings. The highest BCUT2D eigenvalue weighted by Crippen LogP contribution is 2.34. The van der Waals surface area contributed by atoms with Gasteiger partial charge in [-0.3, -0.25) is 4.31 Å². The SMILES string of the molecule is O=C(O)c1ccc2c(c1)CCCCN2S(=O)(=O)c1csc(-c2ccc(F)cc2)n1. The molecule has 3 aromatic rings. The third-order valence-electron chi connectivity index (χ3n) is 4.78. The van der Waals surface area contributed by atoms with Crippen molar-refractivity contribution in [1.29, 1.82) is 0 Å². The maximum absolute atomic E-state index is 13.3. The Morgan fingerprint density at radius 1 is 1.14 bits per heavy atom. The van der Waals surface area contributed by atoms with E-state index in [1.165, 1.54) is 45.3 Å². The molecule has 0 amide bonds. The zero-order valence-corrected chi connectivity index (χ0v) is 16.8. The molecule has 29 heavy (non-hydrogen) atoms. The highest BCUT2D eigenvalue weighted by atomic mass is 32.2. The summed E-state index contributed by atoms with van der Waals surface area (Å²) in [6.45, 7) is 0.297. The number of hydrogen-bond donors (Lipinski definition) is 1. The van der Waals surface area contributed by atoms with Crippen molar-refractivity contribution >= 4 is 33.0 Å². The topological polar surface area (TPSA) is 87.6 Å². The first kappa shape index (κ1) is 19.5. The second-order valence-corrected chi connectivity index (χ2v) is 9.35. The Balaban J connectivity index is 1.73. The van der Waals surface area contributed by atoms with Crippen LogP contribution in [0.4, 0.5) is 10.1 Å². The van der Waals surface area contributed by atoms with Crippen molar-refractivity contribution in [3.63, 3.8) is 0 Å². The average molecular weight is 432 g/mol. The Kier molecular flexibility index (Phi) is 5.10. The first-order valence-electron chi connectivity index (χ1n) is 8.97. The summed E-state index contributed by atoms with van der Waals surface area (Å²) in [7, 11) is -3.92. The largest absolute Gasteiger partial charge is 0.478 e. The number of fused-ring (bicyclic) bond motifs is 1. The molecule has 1 aromatic heterocycles. The first-order chi connectivity index (χ1) is 13.9. The van der Waals surface area contributed by atoms with E-state index in [2.05, 4.69) is 4.98 Å². The van der Waals surface area contributed by atoms with E-state index in [-0.39, 0.29) is 16.4 Å². The molecule has 0 saturated carbocycles. The summed E-state index contributed by atoms with van der Waals surface area (Å²) >= 11 is 1.18. The standard InChI is InChI=1S/C20H17FN2O4S2/c21-16-7-4-13(5-8-16)19-22-18(12-28-19)29(26,27)23-10-2-1-3-14-11-15(20(24)25)6-9-17(14)23/h4-9,11-12H,1-3,10H2,(H,24,25). The van der Waals surface area contributed by atoms with Crippen LogP contribution >= 0.6 is 11.3 Å². The summed E-state index contributed by atoms with van der Waals surface area (Å²) in [5.41, 5.74) is 1.96. The number of nitrogens with zero attached hydrogens (tertiary/aromatic N) is 2. The minimum atomic E-state index is -3.92. The molecule has 1 N–H and O–H groups in total. The smallest absolute Gasteiger partial charge is 0.335 e. The summed E-state index contributed by atoms with van der Waals surface area (Å²) in [6, 6.07) is 10.2. The number of aromatic carboxylic acids is 1. The molecule has 2 heterocycles. The van der Waals surface area contributed by atoms with Crippen molar-refractivity contribution in [1.82, 2.24) is 4.98 Å². The van der Waals surface area contributed by atoms with E-state index in [9.17, 15) is 22.7 Å². The minimum Gasteiger partial charge on any atom is -0.478 e. The van der Waals surface area contributed by atoms with Crippen molar-refractivity contribution in [3.05, 3.63) is 64.8 Å². The molecule has 0 radical (unpaired) electrons. The third kappa shape index (κ3) is 3.75. The lowest BCUT2D eigenvalue weighted by atomic mass is 10.0. The lowest BCUT2D eigenvalue weighted by molar-refractivity contribution is 0.0696. The monoisotopic (exact) mass is 432 g/mol. The molecule has 0 saturated heterocycles. The van der Waals surface area contributed by atoms with Gasteiger partial charge in [-0.25, -0.2) is 14.2 Å². The van der Waals surface area contributed by atoms with Crippen LogP contribution in [-0.2, 0) is 16.4 Å². The van der Waals surface area contributed by atoms with E-state index in [1.54, 1.807) is 18.2 Å². The first-order valence-corrected chi connectivity index (χ1v) is 11.3. The molecule has 0 bridgehead atoms. The van der Waals surface area contributed by atoms with E-state index in [4.69, 9.17) is 0 Å². The van der Waals surface area contributed by atoms with Crippen LogP contribution in [0, 0.1) is 5.82 Å². The van der Waals surface area contributed by atoms with Gasteiger partial charge in [-0.2, -0.15) is 8.42 Å². The number of aryl methyl sites for hydroxylation is 1. The minimum absolute atomic E-state index is 0.0722. The number of carbonyl (C=O) groups is 1. The van der Waals surface area contributed by atoms with Gasteiger partial charge in [0.1, 0.15) is 10.8 Å². The van der Waals surface area contributed by atoms with Gasteiger partial charge in [0.05, 0.1) is 11.3 Å². The Morgan fingerprint density at radius 3 is 2.62 bits per heavy atom. The number of sulfonamides is 1. The molecular formula is C20H17FN2O4S2. The van der Waals surface area contributed by atoms with Gasteiger partial charge in [-0.1, -0.05) is 0 Å². The lowest BCUT2D eigenvalue weighted by Crippen LogP contribution is -2.32. The van der Waals surface area contributed by atoms with Crippen molar-refractivity contribution in [2.24, 2.45) is 0 Å². The molecule has 1 aliphatic rings. The van der Waals surface area contributed by atoms with Gasteiger partial charge in [-0.05, 0) is 67.3 Å². The van der Waals surface area contributed by atoms with Crippen LogP contribution in [0.15, 0.2) is 52.9 Å². The van der Waals surface area contributed by atoms with Crippen molar-refractivity contribution in [2.75, 3.05) is 10.8 Å². The molecule has 1 aliphatic heterocycles. The fourth-order valence-corrected chi connectivity index (χ4v) is 5.93. The van der Waals surface area contributed by atoms with Crippen LogP contribution in [0.2, 0.25) is 0 Å². The number of aromatic nitrogens is 1. The van der Waals surface area contributed by atoms with E-state index in [1.807, 2.05) is 0 Å². The number of halogens is 1. The Labute approximate surface area is 171 Å². The maximum Gasteiger partial charge on any atom is 0.335 e. The highest BCUT2D eigenvalue weighted by molar-refractivity contribution is 7.92.